The molecule has 3 amide bonds. The highest BCUT2D eigenvalue weighted by Gasteiger charge is 2.27. The first-order chi connectivity index (χ1) is 13.4. The van der Waals surface area contributed by atoms with Gasteiger partial charge in [-0.15, -0.1) is 0 Å². The van der Waals surface area contributed by atoms with Gasteiger partial charge < -0.3 is 25.4 Å². The molecule has 3 N–H and O–H groups in total. The van der Waals surface area contributed by atoms with E-state index in [1.54, 1.807) is 41.1 Å². The second-order valence-corrected chi connectivity index (χ2v) is 7.29. The van der Waals surface area contributed by atoms with E-state index in [9.17, 15) is 14.4 Å². The van der Waals surface area contributed by atoms with Crippen LogP contribution in [0, 0.1) is 0 Å². The molecule has 9 heteroatoms. The van der Waals surface area contributed by atoms with Gasteiger partial charge >= 0.3 is 12.0 Å². The Bertz CT molecular complexity index is 737. The number of anilines is 1. The number of urea groups is 1. The highest BCUT2D eigenvalue weighted by molar-refractivity contribution is 5.97. The van der Waals surface area contributed by atoms with Crippen molar-refractivity contribution in [1.82, 2.24) is 15.1 Å². The van der Waals surface area contributed by atoms with Crippen LogP contribution in [0.25, 0.3) is 0 Å². The zero-order valence-electron chi connectivity index (χ0n) is 15.9. The van der Waals surface area contributed by atoms with E-state index in [1.165, 1.54) is 0 Å². The fraction of sp³-hybridized carbons (Fsp3) is 0.526. The number of carbonyl (C=O) groups is 3. The van der Waals surface area contributed by atoms with Crippen LogP contribution in [0.15, 0.2) is 24.3 Å². The first-order valence-corrected chi connectivity index (χ1v) is 9.39. The number of benzene rings is 1. The van der Waals surface area contributed by atoms with Gasteiger partial charge in [0.05, 0.1) is 19.3 Å². The molecule has 1 aromatic rings. The van der Waals surface area contributed by atoms with Gasteiger partial charge in [-0.2, -0.15) is 0 Å². The lowest BCUT2D eigenvalue weighted by Gasteiger charge is -2.34. The van der Waals surface area contributed by atoms with Gasteiger partial charge in [-0.1, -0.05) is 6.07 Å². The summed E-state index contributed by atoms with van der Waals surface area (Å²) in [5, 5.41) is 14.5. The summed E-state index contributed by atoms with van der Waals surface area (Å²) >= 11 is 0. The Morgan fingerprint density at radius 2 is 2.11 bits per heavy atom. The van der Waals surface area contributed by atoms with Crippen LogP contribution in [0.4, 0.5) is 10.5 Å². The summed E-state index contributed by atoms with van der Waals surface area (Å²) < 4.78 is 5.67. The third kappa shape index (κ3) is 5.93. The fourth-order valence-electron chi connectivity index (χ4n) is 3.15. The summed E-state index contributed by atoms with van der Waals surface area (Å²) in [7, 11) is 1.71. The average Bonchev–Trinajstić information content (AvgIpc) is 3.44. The predicted octanol–water partition coefficient (Wildman–Crippen LogP) is 0.828. The van der Waals surface area contributed by atoms with Crippen LogP contribution in [0.5, 0.6) is 0 Å². The number of carbonyl (C=O) groups excluding carboxylic acids is 2. The molecule has 1 unspecified atom stereocenters. The second-order valence-electron chi connectivity index (χ2n) is 7.29. The van der Waals surface area contributed by atoms with Crippen molar-refractivity contribution in [3.8, 4) is 0 Å². The molecule has 1 saturated heterocycles. The molecule has 9 nitrogen and oxygen atoms in total. The summed E-state index contributed by atoms with van der Waals surface area (Å²) in [6.07, 6.45) is 1.77. The van der Waals surface area contributed by atoms with Gasteiger partial charge in [-0.25, -0.2) is 4.79 Å². The van der Waals surface area contributed by atoms with Crippen molar-refractivity contribution in [1.29, 1.82) is 0 Å². The SMILES string of the molecule is CN(CC(=O)O)CC1CN(C(=O)c2cccc(NC(=O)NC3CC3)c2)CCO1. The number of rotatable bonds is 7. The van der Waals surface area contributed by atoms with Crippen LogP contribution in [0.1, 0.15) is 23.2 Å². The standard InChI is InChI=1S/C19H26N4O5/c1-22(12-17(24)25)10-16-11-23(7-8-28-16)18(26)13-3-2-4-15(9-13)21-19(27)20-14-5-6-14/h2-4,9,14,16H,5-8,10-12H2,1H3,(H,24,25)(H2,20,21,27). The number of amides is 3. The van der Waals surface area contributed by atoms with Gasteiger partial charge in [0.15, 0.2) is 0 Å². The minimum Gasteiger partial charge on any atom is -0.480 e. The topological polar surface area (TPSA) is 111 Å². The van der Waals surface area contributed by atoms with Crippen LogP contribution >= 0.6 is 0 Å². The molecule has 0 aromatic heterocycles. The largest absolute Gasteiger partial charge is 0.480 e. The molecular formula is C19H26N4O5. The van der Waals surface area contributed by atoms with Crippen LogP contribution in [0.3, 0.4) is 0 Å². The van der Waals surface area contributed by atoms with E-state index in [-0.39, 0.29) is 30.6 Å². The van der Waals surface area contributed by atoms with E-state index in [0.717, 1.165) is 12.8 Å². The van der Waals surface area contributed by atoms with E-state index >= 15 is 0 Å². The second kappa shape index (κ2) is 9.03. The molecule has 1 saturated carbocycles. The predicted molar refractivity (Wildman–Crippen MR) is 102 cm³/mol. The zero-order chi connectivity index (χ0) is 20.1. The number of carboxylic acid groups (broad SMARTS) is 1. The highest BCUT2D eigenvalue weighted by Crippen LogP contribution is 2.19. The van der Waals surface area contributed by atoms with Crippen LogP contribution < -0.4 is 10.6 Å². The van der Waals surface area contributed by atoms with Gasteiger partial charge in [0.1, 0.15) is 0 Å². The average molecular weight is 390 g/mol. The lowest BCUT2D eigenvalue weighted by Crippen LogP contribution is -2.49. The van der Waals surface area contributed by atoms with E-state index in [0.29, 0.717) is 37.5 Å². The lowest BCUT2D eigenvalue weighted by atomic mass is 10.1. The summed E-state index contributed by atoms with van der Waals surface area (Å²) in [6, 6.07) is 6.85. The Kier molecular flexibility index (Phi) is 6.48. The van der Waals surface area contributed by atoms with Gasteiger partial charge in [-0.3, -0.25) is 14.5 Å². The molecule has 1 aliphatic heterocycles. The Morgan fingerprint density at radius 1 is 1.32 bits per heavy atom. The van der Waals surface area contributed by atoms with E-state index in [2.05, 4.69) is 10.6 Å². The molecule has 3 rings (SSSR count). The monoisotopic (exact) mass is 390 g/mol. The Hall–Kier alpha value is -2.65. The fourth-order valence-corrected chi connectivity index (χ4v) is 3.15. The number of carboxylic acids is 1. The summed E-state index contributed by atoms with van der Waals surface area (Å²) in [5.41, 5.74) is 1.05. The van der Waals surface area contributed by atoms with Gasteiger partial charge in [0, 0.05) is 36.9 Å². The molecule has 152 valence electrons. The molecular weight excluding hydrogens is 364 g/mol. The number of hydrogen-bond acceptors (Lipinski definition) is 5. The van der Waals surface area contributed by atoms with Crippen LogP contribution in [-0.4, -0.2) is 84.8 Å². The van der Waals surface area contributed by atoms with Crippen molar-refractivity contribution in [2.75, 3.05) is 45.2 Å². The Morgan fingerprint density at radius 3 is 2.82 bits per heavy atom. The number of hydrogen-bond donors (Lipinski definition) is 3. The van der Waals surface area contributed by atoms with Gasteiger partial charge in [0.2, 0.25) is 0 Å². The maximum Gasteiger partial charge on any atom is 0.319 e. The molecule has 28 heavy (non-hydrogen) atoms. The molecule has 2 aliphatic rings. The quantitative estimate of drug-likeness (QED) is 0.636. The van der Waals surface area contributed by atoms with Crippen molar-refractivity contribution < 1.29 is 24.2 Å². The number of nitrogens with one attached hydrogen (secondary N) is 2. The first kappa shape index (κ1) is 20.1. The molecule has 1 aromatic carbocycles. The number of nitrogens with zero attached hydrogens (tertiary/aromatic N) is 2. The number of aliphatic carboxylic acids is 1. The molecule has 2 fully saturated rings. The van der Waals surface area contributed by atoms with E-state index in [1.807, 2.05) is 0 Å². The summed E-state index contributed by atoms with van der Waals surface area (Å²) in [4.78, 5) is 38.9. The van der Waals surface area contributed by atoms with Crippen LogP contribution in [-0.2, 0) is 9.53 Å². The third-order valence-electron chi connectivity index (χ3n) is 4.63. The summed E-state index contributed by atoms with van der Waals surface area (Å²) in [5.74, 6) is -1.04. The van der Waals surface area contributed by atoms with E-state index < -0.39 is 5.97 Å². The minimum atomic E-state index is -0.902. The Labute approximate surface area is 163 Å². The maximum atomic E-state index is 12.9. The van der Waals surface area contributed by atoms with Crippen molar-refractivity contribution in [3.05, 3.63) is 29.8 Å². The molecule has 1 atom stereocenters. The molecule has 1 aliphatic carbocycles. The Balaban J connectivity index is 1.57. The lowest BCUT2D eigenvalue weighted by molar-refractivity contribution is -0.138. The van der Waals surface area contributed by atoms with Gasteiger partial charge in [-0.05, 0) is 38.1 Å². The van der Waals surface area contributed by atoms with Crippen molar-refractivity contribution >= 4 is 23.6 Å². The number of likely N-dealkylation sites (N-methyl/N-ethyl adjacent to an activating group) is 1. The zero-order valence-corrected chi connectivity index (χ0v) is 15.9. The van der Waals surface area contributed by atoms with Crippen molar-refractivity contribution in [3.63, 3.8) is 0 Å². The first-order valence-electron chi connectivity index (χ1n) is 9.39. The third-order valence-corrected chi connectivity index (χ3v) is 4.63. The molecule has 0 bridgehead atoms. The molecule has 0 spiro atoms. The van der Waals surface area contributed by atoms with E-state index in [4.69, 9.17) is 9.84 Å². The highest BCUT2D eigenvalue weighted by atomic mass is 16.5. The minimum absolute atomic E-state index is 0.0789. The molecule has 0 radical (unpaired) electrons. The number of morpholine rings is 1. The normalized spacial score (nSPS) is 19.4. The maximum absolute atomic E-state index is 12.9. The molecule has 1 heterocycles. The smallest absolute Gasteiger partial charge is 0.319 e. The number of ether oxygens (including phenoxy) is 1. The van der Waals surface area contributed by atoms with Gasteiger partial charge in [0.25, 0.3) is 5.91 Å². The van der Waals surface area contributed by atoms with Crippen molar-refractivity contribution in [2.45, 2.75) is 25.0 Å². The summed E-state index contributed by atoms with van der Waals surface area (Å²) in [6.45, 7) is 1.61. The van der Waals surface area contributed by atoms with Crippen LogP contribution in [0.2, 0.25) is 0 Å². The van der Waals surface area contributed by atoms with Crippen molar-refractivity contribution in [2.24, 2.45) is 0 Å².